The first-order chi connectivity index (χ1) is 6.93. The van der Waals surface area contributed by atoms with E-state index >= 15 is 0 Å². The average molecular weight is 216 g/mol. The molecule has 1 heterocycles. The van der Waals surface area contributed by atoms with E-state index < -0.39 is 0 Å². The Morgan fingerprint density at radius 2 is 1.60 bits per heavy atom. The normalized spacial score (nSPS) is 31.4. The molecule has 0 aromatic carbocycles. The zero-order chi connectivity index (χ0) is 11.6. The largest absolute Gasteiger partial charge is 0.393 e. The predicted octanol–water partition coefficient (Wildman–Crippen LogP) is 1.57. The summed E-state index contributed by atoms with van der Waals surface area (Å²) in [5, 5.41) is 18.7. The van der Waals surface area contributed by atoms with Crippen molar-refractivity contribution in [2.24, 2.45) is 11.8 Å². The van der Waals surface area contributed by atoms with E-state index in [0.717, 1.165) is 12.8 Å². The first kappa shape index (κ1) is 12.9. The number of aliphatic hydroxyl groups excluding tert-OH is 2. The molecule has 3 nitrogen and oxygen atoms in total. The van der Waals surface area contributed by atoms with Gasteiger partial charge in [0.25, 0.3) is 0 Å². The molecule has 5 unspecified atom stereocenters. The molecule has 0 amide bonds. The fraction of sp³-hybridized carbons (Fsp3) is 1.00. The molecule has 1 rings (SSSR count). The minimum atomic E-state index is -0.372. The number of ether oxygens (including phenoxy) is 1. The summed E-state index contributed by atoms with van der Waals surface area (Å²) >= 11 is 0. The molecule has 0 aliphatic carbocycles. The van der Waals surface area contributed by atoms with Gasteiger partial charge < -0.3 is 14.9 Å². The van der Waals surface area contributed by atoms with Crippen LogP contribution < -0.4 is 0 Å². The molecule has 5 atom stereocenters. The quantitative estimate of drug-likeness (QED) is 0.663. The van der Waals surface area contributed by atoms with E-state index in [-0.39, 0.29) is 24.4 Å². The molecule has 15 heavy (non-hydrogen) atoms. The Labute approximate surface area is 92.4 Å². The highest BCUT2D eigenvalue weighted by molar-refractivity contribution is 4.94. The third-order valence-electron chi connectivity index (χ3n) is 3.23. The lowest BCUT2D eigenvalue weighted by Crippen LogP contribution is -2.22. The average Bonchev–Trinajstić information content (AvgIpc) is 2.83. The van der Waals surface area contributed by atoms with E-state index in [0.29, 0.717) is 11.8 Å². The van der Waals surface area contributed by atoms with Crippen LogP contribution in [0.4, 0.5) is 0 Å². The minimum absolute atomic E-state index is 0.0198. The molecule has 0 radical (unpaired) electrons. The van der Waals surface area contributed by atoms with Crippen LogP contribution in [0.2, 0.25) is 0 Å². The van der Waals surface area contributed by atoms with Crippen LogP contribution in [0.1, 0.15) is 40.5 Å². The fourth-order valence-corrected chi connectivity index (χ4v) is 2.18. The van der Waals surface area contributed by atoms with Gasteiger partial charge in [-0.05, 0) is 38.5 Å². The first-order valence-electron chi connectivity index (χ1n) is 5.95. The predicted molar refractivity (Wildman–Crippen MR) is 59.6 cm³/mol. The van der Waals surface area contributed by atoms with Crippen molar-refractivity contribution in [1.29, 1.82) is 0 Å². The Hall–Kier alpha value is -0.120. The van der Waals surface area contributed by atoms with E-state index in [9.17, 15) is 10.2 Å². The highest BCUT2D eigenvalue weighted by atomic mass is 16.6. The van der Waals surface area contributed by atoms with E-state index in [2.05, 4.69) is 13.8 Å². The zero-order valence-corrected chi connectivity index (χ0v) is 10.2. The summed E-state index contributed by atoms with van der Waals surface area (Å²) < 4.78 is 5.50. The SMILES string of the molecule is CC(O)CCC(C(C)C)C1OC1C(C)O. The van der Waals surface area contributed by atoms with Crippen molar-refractivity contribution >= 4 is 0 Å². The monoisotopic (exact) mass is 216 g/mol. The van der Waals surface area contributed by atoms with Crippen LogP contribution in [-0.2, 0) is 4.74 Å². The highest BCUT2D eigenvalue weighted by Gasteiger charge is 2.47. The maximum Gasteiger partial charge on any atom is 0.110 e. The van der Waals surface area contributed by atoms with Gasteiger partial charge in [0.1, 0.15) is 6.10 Å². The van der Waals surface area contributed by atoms with Crippen LogP contribution in [0.25, 0.3) is 0 Å². The molecular weight excluding hydrogens is 192 g/mol. The summed E-state index contributed by atoms with van der Waals surface area (Å²) in [5.74, 6) is 0.997. The maximum absolute atomic E-state index is 9.40. The number of hydrogen-bond acceptors (Lipinski definition) is 3. The van der Waals surface area contributed by atoms with Crippen LogP contribution >= 0.6 is 0 Å². The molecule has 1 fully saturated rings. The molecule has 1 aliphatic rings. The maximum atomic E-state index is 9.40. The molecule has 0 saturated carbocycles. The Kier molecular flexibility index (Phi) is 4.56. The number of rotatable bonds is 6. The fourth-order valence-electron chi connectivity index (χ4n) is 2.18. The summed E-state index contributed by atoms with van der Waals surface area (Å²) in [6, 6.07) is 0. The number of hydrogen-bond donors (Lipinski definition) is 2. The van der Waals surface area contributed by atoms with Crippen LogP contribution in [0, 0.1) is 11.8 Å². The lowest BCUT2D eigenvalue weighted by Gasteiger charge is -2.19. The molecule has 0 aromatic heterocycles. The molecule has 1 aliphatic heterocycles. The van der Waals surface area contributed by atoms with Crippen molar-refractivity contribution in [1.82, 2.24) is 0 Å². The van der Waals surface area contributed by atoms with Crippen molar-refractivity contribution in [2.45, 2.75) is 65.0 Å². The Bertz CT molecular complexity index is 189. The van der Waals surface area contributed by atoms with E-state index in [1.54, 1.807) is 6.92 Å². The van der Waals surface area contributed by atoms with Crippen LogP contribution in [0.15, 0.2) is 0 Å². The molecule has 3 heteroatoms. The second kappa shape index (κ2) is 5.28. The van der Waals surface area contributed by atoms with Gasteiger partial charge in [-0.3, -0.25) is 0 Å². The van der Waals surface area contributed by atoms with Gasteiger partial charge in [0.2, 0.25) is 0 Å². The lowest BCUT2D eigenvalue weighted by atomic mass is 9.85. The number of epoxide rings is 1. The van der Waals surface area contributed by atoms with E-state index in [1.807, 2.05) is 6.92 Å². The number of aliphatic hydroxyl groups is 2. The van der Waals surface area contributed by atoms with Crippen molar-refractivity contribution in [3.8, 4) is 0 Å². The third-order valence-corrected chi connectivity index (χ3v) is 3.23. The summed E-state index contributed by atoms with van der Waals surface area (Å²) in [7, 11) is 0. The van der Waals surface area contributed by atoms with Gasteiger partial charge in [-0.1, -0.05) is 13.8 Å². The van der Waals surface area contributed by atoms with E-state index in [1.165, 1.54) is 0 Å². The lowest BCUT2D eigenvalue weighted by molar-refractivity contribution is 0.150. The van der Waals surface area contributed by atoms with Gasteiger partial charge in [0.05, 0.1) is 18.3 Å². The van der Waals surface area contributed by atoms with Crippen LogP contribution in [0.5, 0.6) is 0 Å². The molecule has 2 N–H and O–H groups in total. The second-order valence-electron chi connectivity index (χ2n) is 5.14. The molecule has 0 spiro atoms. The minimum Gasteiger partial charge on any atom is -0.393 e. The smallest absolute Gasteiger partial charge is 0.110 e. The molecule has 1 saturated heterocycles. The van der Waals surface area contributed by atoms with Crippen molar-refractivity contribution < 1.29 is 14.9 Å². The first-order valence-corrected chi connectivity index (χ1v) is 5.95. The third kappa shape index (κ3) is 3.74. The summed E-state index contributed by atoms with van der Waals surface area (Å²) in [6.07, 6.45) is 1.39. The summed E-state index contributed by atoms with van der Waals surface area (Å²) in [5.41, 5.74) is 0. The topological polar surface area (TPSA) is 53.0 Å². The van der Waals surface area contributed by atoms with Gasteiger partial charge in [0.15, 0.2) is 0 Å². The van der Waals surface area contributed by atoms with Gasteiger partial charge >= 0.3 is 0 Å². The Balaban J connectivity index is 2.39. The Morgan fingerprint density at radius 1 is 1.00 bits per heavy atom. The van der Waals surface area contributed by atoms with Crippen molar-refractivity contribution in [2.75, 3.05) is 0 Å². The van der Waals surface area contributed by atoms with Gasteiger partial charge in [-0.15, -0.1) is 0 Å². The van der Waals surface area contributed by atoms with Gasteiger partial charge in [-0.25, -0.2) is 0 Å². The van der Waals surface area contributed by atoms with Crippen molar-refractivity contribution in [3.63, 3.8) is 0 Å². The zero-order valence-electron chi connectivity index (χ0n) is 10.2. The standard InChI is InChI=1S/C12H24O3/c1-7(2)10(6-5-8(3)13)12-11(15-12)9(4)14/h7-14H,5-6H2,1-4H3. The van der Waals surface area contributed by atoms with Crippen molar-refractivity contribution in [3.05, 3.63) is 0 Å². The highest BCUT2D eigenvalue weighted by Crippen LogP contribution is 2.38. The summed E-state index contributed by atoms with van der Waals surface area (Å²) in [4.78, 5) is 0. The summed E-state index contributed by atoms with van der Waals surface area (Å²) in [6.45, 7) is 7.94. The molecule has 0 aromatic rings. The molecular formula is C12H24O3. The Morgan fingerprint density at radius 3 is 1.93 bits per heavy atom. The second-order valence-corrected chi connectivity index (χ2v) is 5.14. The van der Waals surface area contributed by atoms with Crippen LogP contribution in [0.3, 0.4) is 0 Å². The van der Waals surface area contributed by atoms with Crippen LogP contribution in [-0.4, -0.2) is 34.6 Å². The molecule has 0 bridgehead atoms. The van der Waals surface area contributed by atoms with Gasteiger partial charge in [0, 0.05) is 0 Å². The van der Waals surface area contributed by atoms with E-state index in [4.69, 9.17) is 4.74 Å². The van der Waals surface area contributed by atoms with Gasteiger partial charge in [-0.2, -0.15) is 0 Å². The molecule has 90 valence electrons.